The van der Waals surface area contributed by atoms with Gasteiger partial charge >= 0.3 is 0 Å². The molecule has 4 aromatic rings. The third-order valence-corrected chi connectivity index (χ3v) is 3.15. The first-order chi connectivity index (χ1) is 11.4. The lowest BCUT2D eigenvalue weighted by Crippen LogP contribution is -2.01. The average Bonchev–Trinajstić information content (AvgIpc) is 3.05. The molecule has 0 saturated carbocycles. The number of nitrogens with one attached hydrogen (secondary N) is 2. The molecule has 0 fully saturated rings. The molecule has 4 rings (SSSR count). The van der Waals surface area contributed by atoms with Gasteiger partial charge in [-0.05, 0) is 46.8 Å². The van der Waals surface area contributed by atoms with Gasteiger partial charge in [-0.25, -0.2) is 4.98 Å². The van der Waals surface area contributed by atoms with Crippen molar-refractivity contribution in [2.75, 3.05) is 10.6 Å². The number of nitrogens with zero attached hydrogens (tertiary/aromatic N) is 6. The van der Waals surface area contributed by atoms with Crippen molar-refractivity contribution in [3.05, 3.63) is 60.8 Å². The van der Waals surface area contributed by atoms with Crippen LogP contribution >= 0.6 is 0 Å². The minimum atomic E-state index is 0.594. The van der Waals surface area contributed by atoms with E-state index in [0.29, 0.717) is 11.5 Å². The van der Waals surface area contributed by atoms with Gasteiger partial charge in [-0.15, -0.1) is 14.8 Å². The van der Waals surface area contributed by atoms with Gasteiger partial charge in [-0.1, -0.05) is 18.2 Å². The molecule has 3 aromatic heterocycles. The molecular formula is C15H12N8. The quantitative estimate of drug-likeness (QED) is 0.598. The Morgan fingerprint density at radius 3 is 2.43 bits per heavy atom. The summed E-state index contributed by atoms with van der Waals surface area (Å²) in [6.07, 6.45) is 1.73. The number of hydrogen-bond donors (Lipinski definition) is 2. The molecular weight excluding hydrogens is 292 g/mol. The van der Waals surface area contributed by atoms with Gasteiger partial charge in [0.05, 0.1) is 11.9 Å². The van der Waals surface area contributed by atoms with Crippen LogP contribution in [0.1, 0.15) is 0 Å². The number of pyridine rings is 1. The fourth-order valence-electron chi connectivity index (χ4n) is 2.08. The van der Waals surface area contributed by atoms with E-state index in [9.17, 15) is 0 Å². The van der Waals surface area contributed by atoms with Crippen LogP contribution < -0.4 is 10.6 Å². The molecule has 0 radical (unpaired) electrons. The third kappa shape index (κ3) is 2.91. The highest BCUT2D eigenvalue weighted by Crippen LogP contribution is 2.18. The molecule has 0 aliphatic heterocycles. The number of tetrazole rings is 1. The first-order valence-electron chi connectivity index (χ1n) is 6.97. The van der Waals surface area contributed by atoms with Crippen molar-refractivity contribution in [1.82, 2.24) is 30.2 Å². The zero-order valence-electron chi connectivity index (χ0n) is 12.0. The van der Waals surface area contributed by atoms with E-state index < -0.39 is 0 Å². The van der Waals surface area contributed by atoms with Crippen molar-refractivity contribution in [1.29, 1.82) is 0 Å². The summed E-state index contributed by atoms with van der Waals surface area (Å²) >= 11 is 0. The molecule has 0 saturated heterocycles. The second-order valence-corrected chi connectivity index (χ2v) is 4.79. The Hall–Kier alpha value is -3.55. The molecule has 8 heteroatoms. The highest BCUT2D eigenvalue weighted by molar-refractivity contribution is 5.61. The molecule has 0 bridgehead atoms. The number of fused-ring (bicyclic) bond motifs is 1. The van der Waals surface area contributed by atoms with Crippen LogP contribution in [0.2, 0.25) is 0 Å². The van der Waals surface area contributed by atoms with Gasteiger partial charge < -0.3 is 10.6 Å². The van der Waals surface area contributed by atoms with Crippen molar-refractivity contribution in [3.63, 3.8) is 0 Å². The topological polar surface area (TPSA) is 92.9 Å². The maximum atomic E-state index is 4.37. The molecule has 2 N–H and O–H groups in total. The van der Waals surface area contributed by atoms with Crippen LogP contribution in [-0.2, 0) is 0 Å². The summed E-state index contributed by atoms with van der Waals surface area (Å²) in [5.74, 6) is 1.40. The van der Waals surface area contributed by atoms with E-state index in [4.69, 9.17) is 0 Å². The minimum Gasteiger partial charge on any atom is -0.340 e. The SMILES string of the molecule is c1ccc(Nc2ccc(Nc3ccc4nnnn4n3)cn2)cc1. The number of aromatic nitrogens is 6. The highest BCUT2D eigenvalue weighted by atomic mass is 15.6. The molecule has 0 spiro atoms. The van der Waals surface area contributed by atoms with Crippen LogP contribution in [0.25, 0.3) is 5.65 Å². The number of anilines is 4. The van der Waals surface area contributed by atoms with Gasteiger partial charge in [-0.3, -0.25) is 0 Å². The van der Waals surface area contributed by atoms with Crippen LogP contribution in [0.4, 0.5) is 23.0 Å². The Labute approximate surface area is 131 Å². The summed E-state index contributed by atoms with van der Waals surface area (Å²) in [5.41, 5.74) is 2.41. The monoisotopic (exact) mass is 304 g/mol. The van der Waals surface area contributed by atoms with Crippen LogP contribution in [-0.4, -0.2) is 30.2 Å². The van der Waals surface area contributed by atoms with Gasteiger partial charge in [0.1, 0.15) is 5.82 Å². The molecule has 3 heterocycles. The standard InChI is InChI=1S/C15H12N8/c1-2-4-11(5-3-1)17-13-7-6-12(10-16-13)18-14-8-9-15-19-21-22-23(15)20-14/h1-10H,(H,16,17)(H,18,20). The molecule has 0 amide bonds. The summed E-state index contributed by atoms with van der Waals surface area (Å²) in [6, 6.07) is 17.3. The smallest absolute Gasteiger partial charge is 0.200 e. The van der Waals surface area contributed by atoms with Crippen molar-refractivity contribution >= 4 is 28.7 Å². The van der Waals surface area contributed by atoms with Crippen molar-refractivity contribution in [2.24, 2.45) is 0 Å². The van der Waals surface area contributed by atoms with Crippen LogP contribution in [0.3, 0.4) is 0 Å². The zero-order chi connectivity index (χ0) is 15.5. The lowest BCUT2D eigenvalue weighted by atomic mass is 10.3. The van der Waals surface area contributed by atoms with E-state index in [1.54, 1.807) is 12.3 Å². The first-order valence-corrected chi connectivity index (χ1v) is 6.97. The van der Waals surface area contributed by atoms with Gasteiger partial charge in [-0.2, -0.15) is 0 Å². The molecule has 0 aliphatic carbocycles. The predicted octanol–water partition coefficient (Wildman–Crippen LogP) is 2.40. The fraction of sp³-hybridized carbons (Fsp3) is 0. The van der Waals surface area contributed by atoms with E-state index in [1.165, 1.54) is 4.63 Å². The van der Waals surface area contributed by atoms with Gasteiger partial charge in [0.25, 0.3) is 0 Å². The molecule has 23 heavy (non-hydrogen) atoms. The fourth-order valence-corrected chi connectivity index (χ4v) is 2.08. The Bertz CT molecular complexity index is 917. The van der Waals surface area contributed by atoms with Crippen LogP contribution in [0, 0.1) is 0 Å². The maximum Gasteiger partial charge on any atom is 0.200 e. The van der Waals surface area contributed by atoms with Gasteiger partial charge in [0.15, 0.2) is 11.5 Å². The van der Waals surface area contributed by atoms with Crippen molar-refractivity contribution < 1.29 is 0 Å². The number of hydrogen-bond acceptors (Lipinski definition) is 7. The van der Waals surface area contributed by atoms with Crippen LogP contribution in [0.15, 0.2) is 60.8 Å². The Morgan fingerprint density at radius 2 is 1.61 bits per heavy atom. The predicted molar refractivity (Wildman–Crippen MR) is 85.8 cm³/mol. The van der Waals surface area contributed by atoms with E-state index in [0.717, 1.165) is 17.2 Å². The van der Waals surface area contributed by atoms with E-state index in [2.05, 4.69) is 36.2 Å². The summed E-state index contributed by atoms with van der Waals surface area (Å²) in [5, 5.41) is 21.8. The third-order valence-electron chi connectivity index (χ3n) is 3.15. The molecule has 8 nitrogen and oxygen atoms in total. The Kier molecular flexibility index (Phi) is 3.24. The van der Waals surface area contributed by atoms with Gasteiger partial charge in [0.2, 0.25) is 0 Å². The Balaban J connectivity index is 1.49. The lowest BCUT2D eigenvalue weighted by Gasteiger charge is -2.07. The van der Waals surface area contributed by atoms with Crippen molar-refractivity contribution in [3.8, 4) is 0 Å². The summed E-state index contributed by atoms with van der Waals surface area (Å²) in [4.78, 5) is 4.37. The number of para-hydroxylation sites is 1. The zero-order valence-corrected chi connectivity index (χ0v) is 12.0. The second kappa shape index (κ2) is 5.68. The summed E-state index contributed by atoms with van der Waals surface area (Å²) in [6.45, 7) is 0. The summed E-state index contributed by atoms with van der Waals surface area (Å²) < 4.78 is 1.36. The first kappa shape index (κ1) is 13.1. The molecule has 0 aliphatic rings. The summed E-state index contributed by atoms with van der Waals surface area (Å²) in [7, 11) is 0. The molecule has 0 unspecified atom stereocenters. The normalized spacial score (nSPS) is 10.6. The molecule has 112 valence electrons. The number of benzene rings is 1. The lowest BCUT2D eigenvalue weighted by molar-refractivity contribution is 0.736. The van der Waals surface area contributed by atoms with Crippen molar-refractivity contribution in [2.45, 2.75) is 0 Å². The molecule has 0 atom stereocenters. The largest absolute Gasteiger partial charge is 0.340 e. The Morgan fingerprint density at radius 1 is 0.783 bits per heavy atom. The van der Waals surface area contributed by atoms with E-state index in [1.807, 2.05) is 48.5 Å². The second-order valence-electron chi connectivity index (χ2n) is 4.79. The minimum absolute atomic E-state index is 0.594. The van der Waals surface area contributed by atoms with Crippen LogP contribution in [0.5, 0.6) is 0 Å². The number of rotatable bonds is 4. The maximum absolute atomic E-state index is 4.37. The highest BCUT2D eigenvalue weighted by Gasteiger charge is 2.02. The van der Waals surface area contributed by atoms with E-state index in [-0.39, 0.29) is 0 Å². The van der Waals surface area contributed by atoms with E-state index >= 15 is 0 Å². The average molecular weight is 304 g/mol. The molecule has 1 aromatic carbocycles. The van der Waals surface area contributed by atoms with Gasteiger partial charge in [0, 0.05) is 5.69 Å².